The molecule has 2 atom stereocenters. The lowest BCUT2D eigenvalue weighted by Gasteiger charge is -2.50. The molecule has 2 fully saturated rings. The molecule has 13 nitrogen and oxygen atoms in total. The molecule has 5 rings (SSSR count). The van der Waals surface area contributed by atoms with E-state index in [1.807, 2.05) is 34.6 Å². The fourth-order valence-corrected chi connectivity index (χ4v) is 7.37. The van der Waals surface area contributed by atoms with Crippen LogP contribution in [0.5, 0.6) is 11.6 Å². The van der Waals surface area contributed by atoms with E-state index in [9.17, 15) is 14.4 Å². The van der Waals surface area contributed by atoms with Crippen molar-refractivity contribution in [1.82, 2.24) is 19.5 Å². The number of amides is 2. The van der Waals surface area contributed by atoms with Gasteiger partial charge < -0.3 is 29.2 Å². The van der Waals surface area contributed by atoms with Crippen LogP contribution < -0.4 is 14.8 Å². The number of hydrogen-bond donors (Lipinski definition) is 2. The van der Waals surface area contributed by atoms with Crippen LogP contribution in [0.25, 0.3) is 21.9 Å². The quantitative estimate of drug-likeness (QED) is 0.181. The molecular formula is C41H58N6O7. The number of aromatic nitrogens is 3. The lowest BCUT2D eigenvalue weighted by molar-refractivity contribution is -0.123. The molecule has 2 amide bonds. The number of H-pyrrole nitrogens is 1. The molecule has 2 aromatic heterocycles. The number of esters is 1. The van der Waals surface area contributed by atoms with Crippen LogP contribution in [0, 0.1) is 40.6 Å². The molecule has 0 radical (unpaired) electrons. The fourth-order valence-electron chi connectivity index (χ4n) is 7.37. The Bertz CT molecular complexity index is 1890. The number of morpholine rings is 1. The molecule has 1 aliphatic carbocycles. The van der Waals surface area contributed by atoms with Crippen LogP contribution in [0.4, 0.5) is 16.2 Å². The average Bonchev–Trinajstić information content (AvgIpc) is 3.62. The molecule has 1 saturated heterocycles. The number of nitrogens with zero attached hydrogens (tertiary/aromatic N) is 4. The molecule has 1 aromatic carbocycles. The van der Waals surface area contributed by atoms with Gasteiger partial charge in [0, 0.05) is 35.9 Å². The van der Waals surface area contributed by atoms with Crippen molar-refractivity contribution in [3.05, 3.63) is 35.2 Å². The monoisotopic (exact) mass is 746 g/mol. The van der Waals surface area contributed by atoms with Crippen molar-refractivity contribution < 1.29 is 33.3 Å². The second-order valence-corrected chi connectivity index (χ2v) is 18.3. The van der Waals surface area contributed by atoms with Gasteiger partial charge in [-0.25, -0.2) is 23.9 Å². The maximum absolute atomic E-state index is 14.6. The van der Waals surface area contributed by atoms with Gasteiger partial charge in [0.25, 0.3) is 5.69 Å². The summed E-state index contributed by atoms with van der Waals surface area (Å²) in [5, 5.41) is 6.15. The zero-order valence-electron chi connectivity index (χ0n) is 34.0. The van der Waals surface area contributed by atoms with Crippen molar-refractivity contribution in [1.29, 1.82) is 0 Å². The molecular weight excluding hydrogens is 688 g/mol. The first-order chi connectivity index (χ1) is 25.1. The number of carbonyl (C=O) groups is 3. The highest BCUT2D eigenvalue weighted by molar-refractivity contribution is 6.05. The second-order valence-electron chi connectivity index (χ2n) is 18.3. The maximum atomic E-state index is 14.6. The van der Waals surface area contributed by atoms with E-state index in [-0.39, 0.29) is 57.5 Å². The molecule has 2 aliphatic rings. The SMILES string of the molecule is [C-]#[N+]c1c(C(=O)OC2C(C(C)(C)C)CC(C)CC2C(C)(C)C)c2nc(-c3ccc(OC(C)C)c(NC(=O)C(C)(C)C)c3)[nH]n2c1OC(=O)N1CCOCC1. The predicted octanol–water partition coefficient (Wildman–Crippen LogP) is 8.76. The number of aromatic amines is 1. The molecule has 1 saturated carbocycles. The highest BCUT2D eigenvalue weighted by Crippen LogP contribution is 2.50. The van der Waals surface area contributed by atoms with Gasteiger partial charge in [0.15, 0.2) is 11.5 Å². The normalized spacial score (nSPS) is 21.1. The van der Waals surface area contributed by atoms with E-state index in [0.29, 0.717) is 55.0 Å². The molecule has 0 bridgehead atoms. The standard InChI is InChI=1S/C41H58N6O7/c1-23(2)52-29-15-14-25(22-28(29)43-37(49)41(10,11)12)33-44-34-30(31(42-13)35(47(34)45-33)54-38(50)46-16-18-51-19-17-46)36(48)53-32-26(39(4,5)6)20-24(3)21-27(32)40(7,8)9/h14-15,22-24,26-27,32H,16-21H2,1-12H3,(H,43,49)(H,44,45). The van der Waals surface area contributed by atoms with E-state index < -0.39 is 23.6 Å². The van der Waals surface area contributed by atoms with Gasteiger partial charge in [-0.15, -0.1) is 0 Å². The van der Waals surface area contributed by atoms with Crippen LogP contribution in [0.2, 0.25) is 0 Å². The Kier molecular flexibility index (Phi) is 11.5. The molecule has 294 valence electrons. The third kappa shape index (κ3) is 8.70. The summed E-state index contributed by atoms with van der Waals surface area (Å²) in [6.45, 7) is 34.2. The third-order valence-corrected chi connectivity index (χ3v) is 10.4. The average molecular weight is 747 g/mol. The highest BCUT2D eigenvalue weighted by atomic mass is 16.6. The lowest BCUT2D eigenvalue weighted by atomic mass is 9.59. The van der Waals surface area contributed by atoms with E-state index in [2.05, 4.69) is 63.7 Å². The van der Waals surface area contributed by atoms with E-state index in [4.69, 9.17) is 30.5 Å². The molecule has 0 spiro atoms. The largest absolute Gasteiger partial charge is 0.489 e. The topological polar surface area (TPSA) is 141 Å². The molecule has 3 heterocycles. The number of rotatable bonds is 7. The van der Waals surface area contributed by atoms with Crippen molar-refractivity contribution in [2.75, 3.05) is 31.6 Å². The third-order valence-electron chi connectivity index (χ3n) is 10.4. The molecule has 2 unspecified atom stereocenters. The lowest BCUT2D eigenvalue weighted by Crippen LogP contribution is -2.49. The van der Waals surface area contributed by atoms with Crippen molar-refractivity contribution in [2.45, 2.75) is 108 Å². The van der Waals surface area contributed by atoms with E-state index in [1.54, 1.807) is 18.2 Å². The number of fused-ring (bicyclic) bond motifs is 1. The van der Waals surface area contributed by atoms with Gasteiger partial charge in [-0.1, -0.05) is 69.2 Å². The van der Waals surface area contributed by atoms with Gasteiger partial charge in [-0.2, -0.15) is 0 Å². The Morgan fingerprint density at radius 3 is 2.15 bits per heavy atom. The number of nitrogens with one attached hydrogen (secondary N) is 2. The van der Waals surface area contributed by atoms with E-state index in [0.717, 1.165) is 12.8 Å². The number of hydrogen-bond acceptors (Lipinski definition) is 8. The minimum atomic E-state index is -0.702. The van der Waals surface area contributed by atoms with Gasteiger partial charge in [0.2, 0.25) is 11.8 Å². The van der Waals surface area contributed by atoms with E-state index >= 15 is 0 Å². The Hall–Kier alpha value is -4.57. The Morgan fingerprint density at radius 1 is 1.00 bits per heavy atom. The summed E-state index contributed by atoms with van der Waals surface area (Å²) in [5.41, 5.74) is -0.182. The Labute approximate surface area is 319 Å². The van der Waals surface area contributed by atoms with Crippen LogP contribution in [-0.2, 0) is 14.3 Å². The number of carbonyl (C=O) groups excluding carboxylic acids is 3. The van der Waals surface area contributed by atoms with Crippen LogP contribution >= 0.6 is 0 Å². The van der Waals surface area contributed by atoms with Crippen molar-refractivity contribution in [2.24, 2.45) is 34.0 Å². The molecule has 2 N–H and O–H groups in total. The van der Waals surface area contributed by atoms with Crippen molar-refractivity contribution in [3.63, 3.8) is 0 Å². The molecule has 3 aromatic rings. The van der Waals surface area contributed by atoms with Crippen LogP contribution in [0.15, 0.2) is 18.2 Å². The predicted molar refractivity (Wildman–Crippen MR) is 207 cm³/mol. The number of ether oxygens (including phenoxy) is 4. The Morgan fingerprint density at radius 2 is 1.61 bits per heavy atom. The summed E-state index contributed by atoms with van der Waals surface area (Å²) in [7, 11) is 0. The van der Waals surface area contributed by atoms with Gasteiger partial charge in [-0.3, -0.25) is 9.89 Å². The summed E-state index contributed by atoms with van der Waals surface area (Å²) >= 11 is 0. The molecule has 1 aliphatic heterocycles. The van der Waals surface area contributed by atoms with Gasteiger partial charge in [0.1, 0.15) is 17.4 Å². The molecule has 54 heavy (non-hydrogen) atoms. The Balaban J connectivity index is 1.65. The summed E-state index contributed by atoms with van der Waals surface area (Å²) in [6, 6.07) is 5.26. The van der Waals surface area contributed by atoms with Gasteiger partial charge in [0.05, 0.1) is 31.6 Å². The zero-order valence-corrected chi connectivity index (χ0v) is 34.0. The number of benzene rings is 1. The number of anilines is 1. The van der Waals surface area contributed by atoms with Crippen LogP contribution in [0.3, 0.4) is 0 Å². The fraction of sp³-hybridized carbons (Fsp3) is 0.634. The van der Waals surface area contributed by atoms with Crippen LogP contribution in [-0.4, -0.2) is 76.0 Å². The second kappa shape index (κ2) is 15.3. The van der Waals surface area contributed by atoms with Crippen molar-refractivity contribution >= 4 is 35.0 Å². The first-order valence-electron chi connectivity index (χ1n) is 19.0. The zero-order chi connectivity index (χ0) is 39.9. The van der Waals surface area contributed by atoms with E-state index in [1.165, 1.54) is 9.42 Å². The first kappa shape index (κ1) is 40.6. The maximum Gasteiger partial charge on any atom is 0.415 e. The van der Waals surface area contributed by atoms with Gasteiger partial charge >= 0.3 is 12.1 Å². The minimum Gasteiger partial charge on any atom is -0.489 e. The van der Waals surface area contributed by atoms with Crippen LogP contribution in [0.1, 0.15) is 106 Å². The van der Waals surface area contributed by atoms with Gasteiger partial charge in [-0.05, 0) is 61.6 Å². The smallest absolute Gasteiger partial charge is 0.415 e. The highest BCUT2D eigenvalue weighted by Gasteiger charge is 2.48. The first-order valence-corrected chi connectivity index (χ1v) is 19.0. The summed E-state index contributed by atoms with van der Waals surface area (Å²) in [4.78, 5) is 51.3. The summed E-state index contributed by atoms with van der Waals surface area (Å²) < 4.78 is 25.3. The summed E-state index contributed by atoms with van der Waals surface area (Å²) in [6.07, 6.45) is 0.532. The minimum absolute atomic E-state index is 0.0607. The van der Waals surface area contributed by atoms with Crippen molar-refractivity contribution in [3.8, 4) is 23.0 Å². The molecule has 13 heteroatoms. The summed E-state index contributed by atoms with van der Waals surface area (Å²) in [5.74, 6) is 0.276.